The minimum atomic E-state index is -0.716. The van der Waals surface area contributed by atoms with Crippen LogP contribution in [0.15, 0.2) is 0 Å². The highest BCUT2D eigenvalue weighted by atomic mass is 16.5. The molecule has 2 aliphatic rings. The largest absolute Gasteiger partial charge is 0.388 e. The van der Waals surface area contributed by atoms with Crippen molar-refractivity contribution in [3.05, 3.63) is 0 Å². The van der Waals surface area contributed by atoms with Crippen molar-refractivity contribution in [1.82, 2.24) is 4.90 Å². The van der Waals surface area contributed by atoms with Crippen LogP contribution in [0, 0.1) is 0 Å². The molecule has 0 spiro atoms. The van der Waals surface area contributed by atoms with Gasteiger partial charge in [0.15, 0.2) is 0 Å². The highest BCUT2D eigenvalue weighted by Gasteiger charge is 2.35. The Morgan fingerprint density at radius 1 is 1.53 bits per heavy atom. The Morgan fingerprint density at radius 2 is 2.33 bits per heavy atom. The molecule has 0 bridgehead atoms. The molecule has 2 aliphatic heterocycles. The number of carbonyl (C=O) groups excluding carboxylic acids is 1. The minimum Gasteiger partial charge on any atom is -0.388 e. The maximum absolute atomic E-state index is 12.0. The number of ether oxygens (including phenoxy) is 1. The zero-order valence-corrected chi connectivity index (χ0v) is 9.24. The highest BCUT2D eigenvalue weighted by Crippen LogP contribution is 2.23. The van der Waals surface area contributed by atoms with E-state index in [-0.39, 0.29) is 12.0 Å². The predicted octanol–water partition coefficient (Wildman–Crippen LogP) is 0.539. The van der Waals surface area contributed by atoms with Crippen LogP contribution < -0.4 is 0 Å². The number of piperidine rings is 1. The Morgan fingerprint density at radius 3 is 2.93 bits per heavy atom. The fraction of sp³-hybridized carbons (Fsp3) is 0.909. The van der Waals surface area contributed by atoms with Crippen LogP contribution in [-0.4, -0.2) is 47.3 Å². The molecule has 0 aromatic rings. The normalized spacial score (nSPS) is 36.9. The summed E-state index contributed by atoms with van der Waals surface area (Å²) in [5.41, 5.74) is -0.716. The van der Waals surface area contributed by atoms with Gasteiger partial charge in [-0.2, -0.15) is 0 Å². The molecule has 0 saturated carbocycles. The average molecular weight is 213 g/mol. The van der Waals surface area contributed by atoms with E-state index in [1.165, 1.54) is 0 Å². The topological polar surface area (TPSA) is 49.8 Å². The van der Waals surface area contributed by atoms with Crippen LogP contribution in [0.3, 0.4) is 0 Å². The summed E-state index contributed by atoms with van der Waals surface area (Å²) in [7, 11) is 0. The molecule has 1 amide bonds. The number of aliphatic hydroxyl groups is 1. The minimum absolute atomic E-state index is 0.0625. The first-order valence-electron chi connectivity index (χ1n) is 5.71. The number of hydrogen-bond donors (Lipinski definition) is 1. The molecule has 2 saturated heterocycles. The van der Waals surface area contributed by atoms with Gasteiger partial charge in [0.25, 0.3) is 5.91 Å². The molecule has 4 heteroatoms. The van der Waals surface area contributed by atoms with Crippen molar-refractivity contribution < 1.29 is 14.6 Å². The van der Waals surface area contributed by atoms with Gasteiger partial charge in [-0.1, -0.05) is 0 Å². The molecular formula is C11H19NO3. The number of carbonyl (C=O) groups is 1. The fourth-order valence-corrected chi connectivity index (χ4v) is 2.38. The molecule has 2 atom stereocenters. The third-order valence-electron chi connectivity index (χ3n) is 3.19. The summed E-state index contributed by atoms with van der Waals surface area (Å²) in [6, 6.07) is 0. The number of likely N-dealkylation sites (tertiary alicyclic amines) is 1. The van der Waals surface area contributed by atoms with E-state index >= 15 is 0 Å². The van der Waals surface area contributed by atoms with Crippen molar-refractivity contribution in [1.29, 1.82) is 0 Å². The van der Waals surface area contributed by atoms with Gasteiger partial charge in [-0.25, -0.2) is 0 Å². The number of hydrogen-bond acceptors (Lipinski definition) is 3. The number of nitrogens with zero attached hydrogens (tertiary/aromatic N) is 1. The summed E-state index contributed by atoms with van der Waals surface area (Å²) in [6.45, 7) is 3.70. The first kappa shape index (κ1) is 10.9. The Labute approximate surface area is 90.2 Å². The van der Waals surface area contributed by atoms with Crippen LogP contribution in [0.2, 0.25) is 0 Å². The van der Waals surface area contributed by atoms with Crippen molar-refractivity contribution in [3.8, 4) is 0 Å². The summed E-state index contributed by atoms with van der Waals surface area (Å²) < 4.78 is 5.36. The fourth-order valence-electron chi connectivity index (χ4n) is 2.38. The van der Waals surface area contributed by atoms with Gasteiger partial charge in [0.05, 0.1) is 5.60 Å². The standard InChI is InChI=1S/C11H19NO3/c1-11(14)5-3-6-12(8-11)10(13)9-4-2-7-15-9/h9,14H,2-8H2,1H3. The number of β-amino-alcohol motifs (C(OH)–C–C–N with tert-alkyl or cyclic N) is 1. The van der Waals surface area contributed by atoms with Gasteiger partial charge >= 0.3 is 0 Å². The van der Waals surface area contributed by atoms with Crippen LogP contribution in [0.1, 0.15) is 32.6 Å². The van der Waals surface area contributed by atoms with Crippen molar-refractivity contribution in [2.45, 2.75) is 44.3 Å². The third kappa shape index (κ3) is 2.49. The van der Waals surface area contributed by atoms with E-state index in [1.807, 2.05) is 0 Å². The Balaban J connectivity index is 1.94. The van der Waals surface area contributed by atoms with E-state index in [4.69, 9.17) is 4.74 Å². The second kappa shape index (κ2) is 4.10. The molecule has 2 unspecified atom stereocenters. The maximum atomic E-state index is 12.0. The lowest BCUT2D eigenvalue weighted by molar-refractivity contribution is -0.147. The van der Waals surface area contributed by atoms with Crippen LogP contribution in [-0.2, 0) is 9.53 Å². The molecule has 15 heavy (non-hydrogen) atoms. The van der Waals surface area contributed by atoms with Crippen LogP contribution in [0.5, 0.6) is 0 Å². The zero-order chi connectivity index (χ0) is 10.9. The summed E-state index contributed by atoms with van der Waals surface area (Å²) in [6.07, 6.45) is 3.21. The summed E-state index contributed by atoms with van der Waals surface area (Å²) in [5.74, 6) is 0.0625. The molecule has 2 rings (SSSR count). The van der Waals surface area contributed by atoms with E-state index in [9.17, 15) is 9.90 Å². The van der Waals surface area contributed by atoms with Gasteiger partial charge < -0.3 is 14.7 Å². The summed E-state index contributed by atoms with van der Waals surface area (Å²) in [5, 5.41) is 9.90. The lowest BCUT2D eigenvalue weighted by atomic mass is 9.95. The van der Waals surface area contributed by atoms with E-state index < -0.39 is 5.60 Å². The number of amides is 1. The lowest BCUT2D eigenvalue weighted by Crippen LogP contribution is -2.51. The van der Waals surface area contributed by atoms with Crippen LogP contribution >= 0.6 is 0 Å². The van der Waals surface area contributed by atoms with E-state index in [2.05, 4.69) is 0 Å². The molecule has 1 N–H and O–H groups in total. The molecule has 4 nitrogen and oxygen atoms in total. The van der Waals surface area contributed by atoms with E-state index in [1.54, 1.807) is 11.8 Å². The maximum Gasteiger partial charge on any atom is 0.251 e. The lowest BCUT2D eigenvalue weighted by Gasteiger charge is -2.37. The van der Waals surface area contributed by atoms with Gasteiger partial charge in [-0.3, -0.25) is 4.79 Å². The Bertz CT molecular complexity index is 246. The third-order valence-corrected chi connectivity index (χ3v) is 3.19. The van der Waals surface area contributed by atoms with Gasteiger partial charge in [0, 0.05) is 19.7 Å². The zero-order valence-electron chi connectivity index (χ0n) is 9.24. The van der Waals surface area contributed by atoms with Gasteiger partial charge in [-0.15, -0.1) is 0 Å². The highest BCUT2D eigenvalue weighted by molar-refractivity contribution is 5.81. The SMILES string of the molecule is CC1(O)CCCN(C(=O)C2CCCO2)C1. The molecule has 2 heterocycles. The van der Waals surface area contributed by atoms with Crippen molar-refractivity contribution in [2.75, 3.05) is 19.7 Å². The van der Waals surface area contributed by atoms with Crippen molar-refractivity contribution >= 4 is 5.91 Å². The second-order valence-electron chi connectivity index (χ2n) is 4.86. The van der Waals surface area contributed by atoms with Gasteiger partial charge in [-0.05, 0) is 32.6 Å². The molecule has 0 aliphatic carbocycles. The summed E-state index contributed by atoms with van der Waals surface area (Å²) in [4.78, 5) is 13.7. The first-order chi connectivity index (χ1) is 7.08. The first-order valence-corrected chi connectivity index (χ1v) is 5.71. The predicted molar refractivity (Wildman–Crippen MR) is 55.4 cm³/mol. The molecule has 0 aromatic heterocycles. The van der Waals surface area contributed by atoms with Gasteiger partial charge in [0.1, 0.15) is 6.10 Å². The molecule has 2 fully saturated rings. The number of rotatable bonds is 1. The average Bonchev–Trinajstić information content (AvgIpc) is 2.67. The molecular weight excluding hydrogens is 194 g/mol. The van der Waals surface area contributed by atoms with Crippen molar-refractivity contribution in [2.24, 2.45) is 0 Å². The molecule has 0 aromatic carbocycles. The Hall–Kier alpha value is -0.610. The summed E-state index contributed by atoms with van der Waals surface area (Å²) >= 11 is 0. The van der Waals surface area contributed by atoms with E-state index in [0.29, 0.717) is 13.2 Å². The molecule has 86 valence electrons. The quantitative estimate of drug-likeness (QED) is 0.691. The second-order valence-corrected chi connectivity index (χ2v) is 4.86. The molecule has 0 radical (unpaired) electrons. The van der Waals surface area contributed by atoms with Gasteiger partial charge in [0.2, 0.25) is 0 Å². The van der Waals surface area contributed by atoms with Crippen LogP contribution in [0.25, 0.3) is 0 Å². The van der Waals surface area contributed by atoms with Crippen molar-refractivity contribution in [3.63, 3.8) is 0 Å². The van der Waals surface area contributed by atoms with E-state index in [0.717, 1.165) is 32.2 Å². The smallest absolute Gasteiger partial charge is 0.251 e. The van der Waals surface area contributed by atoms with Crippen LogP contribution in [0.4, 0.5) is 0 Å². The monoisotopic (exact) mass is 213 g/mol. The Kier molecular flexibility index (Phi) is 2.98.